The van der Waals surface area contributed by atoms with Gasteiger partial charge in [0.15, 0.2) is 0 Å². The number of morpholine rings is 1. The molecule has 7 heteroatoms. The van der Waals surface area contributed by atoms with Crippen LogP contribution in [-0.4, -0.2) is 57.0 Å². The van der Waals surface area contributed by atoms with Crippen molar-refractivity contribution >= 4 is 21.4 Å². The van der Waals surface area contributed by atoms with Crippen molar-refractivity contribution in [3.8, 4) is 0 Å². The Hall–Kier alpha value is -1.25. The Labute approximate surface area is 173 Å². The molecule has 1 aliphatic heterocycles. The van der Waals surface area contributed by atoms with Gasteiger partial charge in [0.1, 0.15) is 0 Å². The van der Waals surface area contributed by atoms with E-state index in [1.54, 1.807) is 15.6 Å². The maximum Gasteiger partial charge on any atom is 0.243 e. The number of sulfonamides is 1. The van der Waals surface area contributed by atoms with Gasteiger partial charge in [-0.25, -0.2) is 8.42 Å². The topological polar surface area (TPSA) is 49.9 Å². The van der Waals surface area contributed by atoms with Crippen LogP contribution in [0.1, 0.15) is 28.0 Å². The van der Waals surface area contributed by atoms with E-state index in [9.17, 15) is 8.42 Å². The average molecular weight is 423 g/mol. The molecule has 1 saturated heterocycles. The fourth-order valence-corrected chi connectivity index (χ4v) is 6.53. The largest absolute Gasteiger partial charge is 0.379 e. The minimum atomic E-state index is -3.56. The van der Waals surface area contributed by atoms with E-state index in [-0.39, 0.29) is 0 Å². The molecule has 5 nitrogen and oxygen atoms in total. The molecule has 0 bridgehead atoms. The number of nitrogens with zero attached hydrogens (tertiary/aromatic N) is 2. The average Bonchev–Trinajstić information content (AvgIpc) is 3.14. The summed E-state index contributed by atoms with van der Waals surface area (Å²) in [5.41, 5.74) is 2.73. The van der Waals surface area contributed by atoms with Gasteiger partial charge in [0.05, 0.1) is 18.1 Å². The Morgan fingerprint density at radius 3 is 2.43 bits per heavy atom. The molecular formula is C21H30N2O3S2. The summed E-state index contributed by atoms with van der Waals surface area (Å²) < 4.78 is 34.2. The minimum Gasteiger partial charge on any atom is -0.379 e. The molecule has 2 aromatic rings. The SMILES string of the molecule is Cc1cc(C)c(S(=O)(=O)N(CCCN2CCOCC2)Cc2cccs2)c(C)c1. The molecule has 0 saturated carbocycles. The third-order valence-corrected chi connectivity index (χ3v) is 8.11. The number of hydrogen-bond acceptors (Lipinski definition) is 5. The molecule has 0 atom stereocenters. The minimum absolute atomic E-state index is 0.426. The van der Waals surface area contributed by atoms with E-state index in [4.69, 9.17) is 4.74 Å². The molecule has 28 heavy (non-hydrogen) atoms. The molecule has 0 radical (unpaired) electrons. The summed E-state index contributed by atoms with van der Waals surface area (Å²) in [6, 6.07) is 7.89. The lowest BCUT2D eigenvalue weighted by atomic mass is 10.1. The first-order valence-corrected chi connectivity index (χ1v) is 12.1. The summed E-state index contributed by atoms with van der Waals surface area (Å²) in [7, 11) is -3.56. The highest BCUT2D eigenvalue weighted by Crippen LogP contribution is 2.27. The molecule has 0 amide bonds. The van der Waals surface area contributed by atoms with E-state index in [0.717, 1.165) is 60.8 Å². The van der Waals surface area contributed by atoms with Crippen LogP contribution >= 0.6 is 11.3 Å². The monoisotopic (exact) mass is 422 g/mol. The van der Waals surface area contributed by atoms with Crippen molar-refractivity contribution in [3.63, 3.8) is 0 Å². The molecule has 1 aromatic heterocycles. The van der Waals surface area contributed by atoms with E-state index >= 15 is 0 Å². The lowest BCUT2D eigenvalue weighted by Gasteiger charge is -2.28. The van der Waals surface area contributed by atoms with Crippen LogP contribution in [0.4, 0.5) is 0 Å². The maximum atomic E-state index is 13.6. The molecule has 154 valence electrons. The van der Waals surface area contributed by atoms with Gasteiger partial charge in [-0.15, -0.1) is 11.3 Å². The molecule has 1 aromatic carbocycles. The Kier molecular flexibility index (Phi) is 7.28. The molecule has 0 N–H and O–H groups in total. The molecule has 1 aliphatic rings. The van der Waals surface area contributed by atoms with Crippen LogP contribution < -0.4 is 0 Å². The van der Waals surface area contributed by atoms with Crippen LogP contribution in [0.25, 0.3) is 0 Å². The summed E-state index contributed by atoms with van der Waals surface area (Å²) >= 11 is 1.60. The van der Waals surface area contributed by atoms with Crippen LogP contribution in [-0.2, 0) is 21.3 Å². The van der Waals surface area contributed by atoms with Gasteiger partial charge < -0.3 is 4.74 Å². The second kappa shape index (κ2) is 9.50. The summed E-state index contributed by atoms with van der Waals surface area (Å²) in [4.78, 5) is 3.88. The Morgan fingerprint density at radius 1 is 1.14 bits per heavy atom. The third kappa shape index (κ3) is 5.21. The van der Waals surface area contributed by atoms with Crippen molar-refractivity contribution in [2.24, 2.45) is 0 Å². The summed E-state index contributed by atoms with van der Waals surface area (Å²) in [5.74, 6) is 0. The first-order valence-electron chi connectivity index (χ1n) is 9.78. The fraction of sp³-hybridized carbons (Fsp3) is 0.524. The fourth-order valence-electron chi connectivity index (χ4n) is 3.86. The van der Waals surface area contributed by atoms with E-state index < -0.39 is 10.0 Å². The van der Waals surface area contributed by atoms with Crippen LogP contribution in [0.2, 0.25) is 0 Å². The highest BCUT2D eigenvalue weighted by molar-refractivity contribution is 7.89. The highest BCUT2D eigenvalue weighted by atomic mass is 32.2. The van der Waals surface area contributed by atoms with Gasteiger partial charge in [0.2, 0.25) is 10.0 Å². The van der Waals surface area contributed by atoms with Crippen LogP contribution in [0.15, 0.2) is 34.5 Å². The van der Waals surface area contributed by atoms with Gasteiger partial charge in [0.25, 0.3) is 0 Å². The zero-order valence-corrected chi connectivity index (χ0v) is 18.6. The second-order valence-corrected chi connectivity index (χ2v) is 10.4. The first-order chi connectivity index (χ1) is 13.4. The van der Waals surface area contributed by atoms with Crippen LogP contribution in [0.5, 0.6) is 0 Å². The molecule has 1 fully saturated rings. The lowest BCUT2D eigenvalue weighted by molar-refractivity contribution is 0.0368. The molecule has 2 heterocycles. The number of aryl methyl sites for hydroxylation is 3. The second-order valence-electron chi connectivity index (χ2n) is 7.45. The lowest BCUT2D eigenvalue weighted by Crippen LogP contribution is -2.39. The summed E-state index contributed by atoms with van der Waals surface area (Å²) in [6.07, 6.45) is 0.814. The van der Waals surface area contributed by atoms with Gasteiger partial charge in [0, 0.05) is 31.1 Å². The van der Waals surface area contributed by atoms with Crippen molar-refractivity contribution in [2.75, 3.05) is 39.4 Å². The molecular weight excluding hydrogens is 392 g/mol. The van der Waals surface area contributed by atoms with Gasteiger partial charge in [-0.05, 0) is 56.3 Å². The summed E-state index contributed by atoms with van der Waals surface area (Å²) in [6.45, 7) is 11.0. The maximum absolute atomic E-state index is 13.6. The van der Waals surface area contributed by atoms with Crippen molar-refractivity contribution in [1.29, 1.82) is 0 Å². The zero-order valence-electron chi connectivity index (χ0n) is 17.0. The number of ether oxygens (including phenoxy) is 1. The van der Waals surface area contributed by atoms with Crippen LogP contribution in [0.3, 0.4) is 0 Å². The normalized spacial score (nSPS) is 16.0. The first kappa shape index (κ1) is 21.5. The number of rotatable bonds is 8. The number of hydrogen-bond donors (Lipinski definition) is 0. The molecule has 0 aliphatic carbocycles. The molecule has 0 unspecified atom stereocenters. The Bertz CT molecular complexity index is 850. The van der Waals surface area contributed by atoms with Gasteiger partial charge in [-0.3, -0.25) is 4.90 Å². The van der Waals surface area contributed by atoms with Gasteiger partial charge in [-0.1, -0.05) is 23.8 Å². The Morgan fingerprint density at radius 2 is 1.82 bits per heavy atom. The number of thiophene rings is 1. The van der Waals surface area contributed by atoms with Crippen LogP contribution in [0, 0.1) is 20.8 Å². The Balaban J connectivity index is 1.80. The predicted octanol–water partition coefficient (Wildman–Crippen LogP) is 3.59. The smallest absolute Gasteiger partial charge is 0.243 e. The van der Waals surface area contributed by atoms with Crippen molar-refractivity contribution in [1.82, 2.24) is 9.21 Å². The standard InChI is InChI=1S/C21H30N2O3S2/c1-17-14-18(2)21(19(3)15-17)28(24,25)23(16-20-6-4-13-27-20)8-5-7-22-9-11-26-12-10-22/h4,6,13-15H,5,7-12,16H2,1-3H3. The van der Waals surface area contributed by atoms with E-state index in [0.29, 0.717) is 18.0 Å². The van der Waals surface area contributed by atoms with Crippen molar-refractivity contribution < 1.29 is 13.2 Å². The van der Waals surface area contributed by atoms with E-state index in [2.05, 4.69) is 4.90 Å². The number of benzene rings is 1. The summed E-state index contributed by atoms with van der Waals surface area (Å²) in [5, 5.41) is 2.00. The zero-order chi connectivity index (χ0) is 20.1. The quantitative estimate of drug-likeness (QED) is 0.652. The predicted molar refractivity (Wildman–Crippen MR) is 114 cm³/mol. The van der Waals surface area contributed by atoms with Crippen molar-refractivity contribution in [3.05, 3.63) is 51.2 Å². The van der Waals surface area contributed by atoms with Crippen molar-refractivity contribution in [2.45, 2.75) is 38.6 Å². The van der Waals surface area contributed by atoms with Gasteiger partial charge in [-0.2, -0.15) is 4.31 Å². The highest BCUT2D eigenvalue weighted by Gasteiger charge is 2.28. The van der Waals surface area contributed by atoms with E-state index in [1.165, 1.54) is 0 Å². The molecule has 0 spiro atoms. The third-order valence-electron chi connectivity index (χ3n) is 5.10. The van der Waals surface area contributed by atoms with Gasteiger partial charge >= 0.3 is 0 Å². The van der Waals surface area contributed by atoms with E-state index in [1.807, 2.05) is 50.4 Å². The molecule has 3 rings (SSSR count).